The highest BCUT2D eigenvalue weighted by molar-refractivity contribution is 5.85. The van der Waals surface area contributed by atoms with E-state index in [1.54, 1.807) is 0 Å². The SMILES string of the molecule is COC(=O)CC[C@H](NC(=O)Cn1cnc2c1c(=O)n(C)c(=O)n2C)C(=O)OC. The predicted molar refractivity (Wildman–Crippen MR) is 95.4 cm³/mol. The highest BCUT2D eigenvalue weighted by atomic mass is 16.5. The smallest absolute Gasteiger partial charge is 0.332 e. The average molecular weight is 395 g/mol. The molecule has 2 rings (SSSR count). The molecule has 0 saturated heterocycles. The van der Waals surface area contributed by atoms with Crippen molar-refractivity contribution in [1.29, 1.82) is 0 Å². The van der Waals surface area contributed by atoms with Gasteiger partial charge in [0.05, 0.1) is 20.5 Å². The Bertz CT molecular complexity index is 1030. The Labute approximate surface area is 158 Å². The largest absolute Gasteiger partial charge is 0.469 e. The van der Waals surface area contributed by atoms with Crippen LogP contribution >= 0.6 is 0 Å². The van der Waals surface area contributed by atoms with E-state index in [1.807, 2.05) is 0 Å². The molecule has 1 atom stereocenters. The van der Waals surface area contributed by atoms with Crippen molar-refractivity contribution in [3.05, 3.63) is 27.2 Å². The number of nitrogens with zero attached hydrogens (tertiary/aromatic N) is 4. The zero-order valence-corrected chi connectivity index (χ0v) is 15.9. The van der Waals surface area contributed by atoms with E-state index in [0.717, 1.165) is 11.7 Å². The van der Waals surface area contributed by atoms with Crippen LogP contribution in [0.25, 0.3) is 11.2 Å². The summed E-state index contributed by atoms with van der Waals surface area (Å²) >= 11 is 0. The lowest BCUT2D eigenvalue weighted by molar-refractivity contribution is -0.146. The summed E-state index contributed by atoms with van der Waals surface area (Å²) in [5.74, 6) is -1.85. The van der Waals surface area contributed by atoms with Crippen molar-refractivity contribution in [2.24, 2.45) is 14.1 Å². The molecule has 0 fully saturated rings. The number of hydrogen-bond donors (Lipinski definition) is 1. The molecule has 152 valence electrons. The number of fused-ring (bicyclic) bond motifs is 1. The first-order valence-electron chi connectivity index (χ1n) is 8.26. The van der Waals surface area contributed by atoms with Gasteiger partial charge in [-0.05, 0) is 6.42 Å². The van der Waals surface area contributed by atoms with E-state index in [1.165, 1.54) is 36.7 Å². The summed E-state index contributed by atoms with van der Waals surface area (Å²) in [6, 6.07) is -1.06. The topological polar surface area (TPSA) is 144 Å². The quantitative estimate of drug-likeness (QED) is 0.533. The average Bonchev–Trinajstić information content (AvgIpc) is 3.10. The molecule has 0 aromatic carbocycles. The molecule has 0 spiro atoms. The normalized spacial score (nSPS) is 11.9. The molecule has 0 saturated carbocycles. The molecule has 1 N–H and O–H groups in total. The van der Waals surface area contributed by atoms with Gasteiger partial charge in [-0.15, -0.1) is 0 Å². The summed E-state index contributed by atoms with van der Waals surface area (Å²) < 4.78 is 12.5. The summed E-state index contributed by atoms with van der Waals surface area (Å²) in [6.07, 6.45) is 1.16. The van der Waals surface area contributed by atoms with Gasteiger partial charge in [-0.1, -0.05) is 0 Å². The first-order chi connectivity index (χ1) is 13.2. The Hall–Kier alpha value is -3.44. The third kappa shape index (κ3) is 4.10. The van der Waals surface area contributed by atoms with E-state index in [9.17, 15) is 24.0 Å². The van der Waals surface area contributed by atoms with E-state index in [0.29, 0.717) is 0 Å². The zero-order valence-electron chi connectivity index (χ0n) is 15.9. The molecule has 0 bridgehead atoms. The third-order valence-electron chi connectivity index (χ3n) is 4.22. The van der Waals surface area contributed by atoms with Crippen molar-refractivity contribution in [2.75, 3.05) is 14.2 Å². The number of carbonyl (C=O) groups excluding carboxylic acids is 3. The van der Waals surface area contributed by atoms with E-state index in [-0.39, 0.29) is 30.6 Å². The van der Waals surface area contributed by atoms with Crippen LogP contribution in [0.4, 0.5) is 0 Å². The minimum atomic E-state index is -1.06. The molecule has 0 aliphatic carbocycles. The highest BCUT2D eigenvalue weighted by Crippen LogP contribution is 2.06. The molecule has 12 heteroatoms. The van der Waals surface area contributed by atoms with Crippen LogP contribution in [0, 0.1) is 0 Å². The number of esters is 2. The first kappa shape index (κ1) is 20.9. The van der Waals surface area contributed by atoms with Crippen LogP contribution < -0.4 is 16.6 Å². The van der Waals surface area contributed by atoms with E-state index in [4.69, 9.17) is 0 Å². The number of imidazole rings is 1. The molecule has 2 aromatic rings. The summed E-state index contributed by atoms with van der Waals surface area (Å²) in [5, 5.41) is 2.46. The lowest BCUT2D eigenvalue weighted by Crippen LogP contribution is -2.43. The van der Waals surface area contributed by atoms with Crippen molar-refractivity contribution in [2.45, 2.75) is 25.4 Å². The molecule has 0 unspecified atom stereocenters. The van der Waals surface area contributed by atoms with Crippen molar-refractivity contribution >= 4 is 29.0 Å². The van der Waals surface area contributed by atoms with E-state index < -0.39 is 35.1 Å². The second-order valence-electron chi connectivity index (χ2n) is 6.01. The molecule has 2 aromatic heterocycles. The number of nitrogens with one attached hydrogen (secondary N) is 1. The van der Waals surface area contributed by atoms with Gasteiger partial charge in [0.25, 0.3) is 5.56 Å². The van der Waals surface area contributed by atoms with Crippen molar-refractivity contribution in [3.63, 3.8) is 0 Å². The second-order valence-corrected chi connectivity index (χ2v) is 6.01. The van der Waals surface area contributed by atoms with Gasteiger partial charge >= 0.3 is 17.6 Å². The van der Waals surface area contributed by atoms with E-state index in [2.05, 4.69) is 19.8 Å². The number of carbonyl (C=O) groups is 3. The monoisotopic (exact) mass is 395 g/mol. The Kier molecular flexibility index (Phi) is 6.33. The van der Waals surface area contributed by atoms with Crippen LogP contribution in [0.15, 0.2) is 15.9 Å². The lowest BCUT2D eigenvalue weighted by atomic mass is 10.1. The van der Waals surface area contributed by atoms with Gasteiger partial charge < -0.3 is 19.4 Å². The zero-order chi connectivity index (χ0) is 21.0. The summed E-state index contributed by atoms with van der Waals surface area (Å²) in [4.78, 5) is 63.9. The van der Waals surface area contributed by atoms with Crippen LogP contribution in [-0.2, 0) is 44.5 Å². The van der Waals surface area contributed by atoms with Crippen LogP contribution in [0.1, 0.15) is 12.8 Å². The molecule has 12 nitrogen and oxygen atoms in total. The lowest BCUT2D eigenvalue weighted by Gasteiger charge is -2.16. The molecule has 1 amide bonds. The molecule has 0 aliphatic rings. The summed E-state index contributed by atoms with van der Waals surface area (Å²) in [6.45, 7) is -0.324. The van der Waals surface area contributed by atoms with Crippen LogP contribution in [0.5, 0.6) is 0 Å². The van der Waals surface area contributed by atoms with Gasteiger partial charge in [0.15, 0.2) is 11.2 Å². The fraction of sp³-hybridized carbons (Fsp3) is 0.500. The van der Waals surface area contributed by atoms with Gasteiger partial charge in [0, 0.05) is 20.5 Å². The van der Waals surface area contributed by atoms with E-state index >= 15 is 0 Å². The summed E-state index contributed by atoms with van der Waals surface area (Å²) in [5.41, 5.74) is -0.931. The van der Waals surface area contributed by atoms with Gasteiger partial charge in [-0.25, -0.2) is 14.6 Å². The minimum absolute atomic E-state index is 0.00791. The first-order valence-corrected chi connectivity index (χ1v) is 8.26. The van der Waals surface area contributed by atoms with Crippen molar-refractivity contribution in [3.8, 4) is 0 Å². The van der Waals surface area contributed by atoms with Gasteiger partial charge in [0.2, 0.25) is 5.91 Å². The standard InChI is InChI=1S/C16H21N5O7/c1-19-13-12(14(24)20(2)16(19)26)21(8-17-13)7-10(22)18-9(15(25)28-4)5-6-11(23)27-3/h8-9H,5-7H2,1-4H3,(H,18,22)/t9-/m0/s1. The van der Waals surface area contributed by atoms with Crippen molar-refractivity contribution in [1.82, 2.24) is 24.0 Å². The molecule has 0 radical (unpaired) electrons. The van der Waals surface area contributed by atoms with Gasteiger partial charge in [0.1, 0.15) is 12.6 Å². The number of amides is 1. The van der Waals surface area contributed by atoms with Gasteiger partial charge in [-0.2, -0.15) is 0 Å². The predicted octanol–water partition coefficient (Wildman–Crippen LogP) is -1.96. The number of aromatic nitrogens is 4. The Morgan fingerprint density at radius 2 is 1.82 bits per heavy atom. The number of rotatable bonds is 7. The molecule has 0 aliphatic heterocycles. The Balaban J connectivity index is 2.24. The number of ether oxygens (including phenoxy) is 2. The fourth-order valence-electron chi connectivity index (χ4n) is 2.67. The van der Waals surface area contributed by atoms with Crippen LogP contribution in [0.3, 0.4) is 0 Å². The van der Waals surface area contributed by atoms with Crippen LogP contribution in [0.2, 0.25) is 0 Å². The maximum Gasteiger partial charge on any atom is 0.332 e. The molecular weight excluding hydrogens is 374 g/mol. The minimum Gasteiger partial charge on any atom is -0.469 e. The Morgan fingerprint density at radius 3 is 2.43 bits per heavy atom. The highest BCUT2D eigenvalue weighted by Gasteiger charge is 2.23. The number of hydrogen-bond acceptors (Lipinski definition) is 8. The number of aryl methyl sites for hydroxylation is 1. The third-order valence-corrected chi connectivity index (χ3v) is 4.22. The maximum absolute atomic E-state index is 12.4. The Morgan fingerprint density at radius 1 is 1.14 bits per heavy atom. The fourth-order valence-corrected chi connectivity index (χ4v) is 2.67. The van der Waals surface area contributed by atoms with Crippen molar-refractivity contribution < 1.29 is 23.9 Å². The molecule has 28 heavy (non-hydrogen) atoms. The summed E-state index contributed by atoms with van der Waals surface area (Å²) in [7, 11) is 5.16. The molecule has 2 heterocycles. The second kappa shape index (κ2) is 8.50. The number of methoxy groups -OCH3 is 2. The van der Waals surface area contributed by atoms with Crippen LogP contribution in [-0.4, -0.2) is 56.8 Å². The molecular formula is C16H21N5O7. The van der Waals surface area contributed by atoms with Gasteiger partial charge in [-0.3, -0.25) is 23.5 Å². The maximum atomic E-state index is 12.4.